The van der Waals surface area contributed by atoms with Crippen LogP contribution in [0.1, 0.15) is 26.2 Å². The summed E-state index contributed by atoms with van der Waals surface area (Å²) in [4.78, 5) is 1.23. The molecule has 3 aliphatic rings. The third-order valence-corrected chi connectivity index (χ3v) is 4.40. The van der Waals surface area contributed by atoms with Crippen molar-refractivity contribution in [1.29, 1.82) is 0 Å². The minimum absolute atomic E-state index is 0.519. The van der Waals surface area contributed by atoms with Crippen molar-refractivity contribution in [1.82, 2.24) is 5.32 Å². The molecule has 1 aliphatic heterocycles. The van der Waals surface area contributed by atoms with E-state index >= 15 is 0 Å². The zero-order chi connectivity index (χ0) is 11.1. The Morgan fingerprint density at radius 1 is 1.44 bits per heavy atom. The Kier molecular flexibility index (Phi) is 2.72. The van der Waals surface area contributed by atoms with Gasteiger partial charge in [0.25, 0.3) is 0 Å². The molecule has 0 aromatic heterocycles. The van der Waals surface area contributed by atoms with E-state index in [4.69, 9.17) is 12.6 Å². The van der Waals surface area contributed by atoms with Crippen LogP contribution >= 0.6 is 12.6 Å². The molecule has 1 fully saturated rings. The Balaban J connectivity index is 2.04. The molecule has 0 radical (unpaired) electrons. The van der Waals surface area contributed by atoms with Gasteiger partial charge in [0.1, 0.15) is 0 Å². The summed E-state index contributed by atoms with van der Waals surface area (Å²) in [6, 6.07) is 0.705. The van der Waals surface area contributed by atoms with Crippen LogP contribution in [0.5, 0.6) is 0 Å². The van der Waals surface area contributed by atoms with Crippen molar-refractivity contribution in [2.45, 2.75) is 32.2 Å². The Morgan fingerprint density at radius 3 is 3.19 bits per heavy atom. The van der Waals surface area contributed by atoms with Gasteiger partial charge in [-0.2, -0.15) is 0 Å². The number of allylic oxidation sites excluding steroid dienone is 4. The molecule has 3 atom stereocenters. The number of piperidine rings is 1. The number of hydrogen-bond donors (Lipinski definition) is 2. The summed E-state index contributed by atoms with van der Waals surface area (Å²) >= 11 is 4.72. The second-order valence-corrected chi connectivity index (χ2v) is 5.77. The minimum atomic E-state index is 0.519. The molecule has 3 rings (SSSR count). The minimum Gasteiger partial charge on any atom is -0.314 e. The van der Waals surface area contributed by atoms with E-state index < -0.39 is 0 Å². The van der Waals surface area contributed by atoms with Gasteiger partial charge in [-0.05, 0) is 48.8 Å². The van der Waals surface area contributed by atoms with Crippen molar-refractivity contribution in [3.63, 3.8) is 0 Å². The molecule has 3 unspecified atom stereocenters. The number of thiol groups is 1. The third-order valence-electron chi connectivity index (χ3n) is 4.01. The lowest BCUT2D eigenvalue weighted by atomic mass is 9.76. The van der Waals surface area contributed by atoms with Gasteiger partial charge in [-0.15, -0.1) is 12.6 Å². The number of fused-ring (bicyclic) bond motifs is 3. The summed E-state index contributed by atoms with van der Waals surface area (Å²) < 4.78 is 0. The Morgan fingerprint density at radius 2 is 2.31 bits per heavy atom. The molecule has 16 heavy (non-hydrogen) atoms. The molecule has 1 heterocycles. The largest absolute Gasteiger partial charge is 0.314 e. The van der Waals surface area contributed by atoms with Gasteiger partial charge in [0.15, 0.2) is 0 Å². The highest BCUT2D eigenvalue weighted by atomic mass is 32.1. The fourth-order valence-electron chi connectivity index (χ4n) is 3.26. The van der Waals surface area contributed by atoms with Crippen molar-refractivity contribution >= 4 is 12.6 Å². The van der Waals surface area contributed by atoms with Gasteiger partial charge in [0, 0.05) is 10.9 Å². The predicted molar refractivity (Wildman–Crippen MR) is 71.5 cm³/mol. The monoisotopic (exact) mass is 233 g/mol. The van der Waals surface area contributed by atoms with Crippen molar-refractivity contribution in [3.05, 3.63) is 34.3 Å². The van der Waals surface area contributed by atoms with Crippen molar-refractivity contribution in [3.8, 4) is 0 Å². The van der Waals surface area contributed by atoms with E-state index in [1.54, 1.807) is 5.57 Å². The van der Waals surface area contributed by atoms with Crippen LogP contribution < -0.4 is 5.32 Å². The average molecular weight is 233 g/mol. The summed E-state index contributed by atoms with van der Waals surface area (Å²) in [6.45, 7) is 3.40. The average Bonchev–Trinajstić information content (AvgIpc) is 2.38. The molecule has 1 saturated heterocycles. The first kappa shape index (κ1) is 10.7. The highest BCUT2D eigenvalue weighted by molar-refractivity contribution is 7.84. The van der Waals surface area contributed by atoms with Crippen LogP contribution in [0, 0.1) is 11.8 Å². The van der Waals surface area contributed by atoms with Crippen molar-refractivity contribution < 1.29 is 0 Å². The van der Waals surface area contributed by atoms with E-state index in [1.165, 1.54) is 36.3 Å². The van der Waals surface area contributed by atoms with Gasteiger partial charge in [-0.25, -0.2) is 0 Å². The van der Waals surface area contributed by atoms with Crippen molar-refractivity contribution in [2.75, 3.05) is 6.54 Å². The SMILES string of the molecule is CC1C=CC2=C(C(S)=C1)C1CCNC(C2)C1. The first-order chi connectivity index (χ1) is 7.74. The lowest BCUT2D eigenvalue weighted by molar-refractivity contribution is 0.315. The second kappa shape index (κ2) is 4.08. The number of rotatable bonds is 0. The zero-order valence-electron chi connectivity index (χ0n) is 9.74. The second-order valence-electron chi connectivity index (χ2n) is 5.29. The molecule has 0 saturated carbocycles. The third kappa shape index (κ3) is 1.78. The van der Waals surface area contributed by atoms with Gasteiger partial charge < -0.3 is 5.32 Å². The maximum Gasteiger partial charge on any atom is 0.0113 e. The van der Waals surface area contributed by atoms with E-state index in [9.17, 15) is 0 Å². The molecule has 86 valence electrons. The van der Waals surface area contributed by atoms with E-state index in [2.05, 4.69) is 30.5 Å². The molecule has 0 amide bonds. The molecule has 0 aromatic rings. The van der Waals surface area contributed by atoms with E-state index in [1.807, 2.05) is 0 Å². The van der Waals surface area contributed by atoms with Gasteiger partial charge in [0.05, 0.1) is 0 Å². The van der Waals surface area contributed by atoms with E-state index in [0.29, 0.717) is 12.0 Å². The standard InChI is InChI=1S/C14H19NS/c1-9-2-3-10-7-12-8-11(4-5-15-12)14(10)13(16)6-9/h2-3,6,9,11-12,15-16H,4-5,7-8H2,1H3. The molecular weight excluding hydrogens is 214 g/mol. The molecule has 2 bridgehead atoms. The summed E-state index contributed by atoms with van der Waals surface area (Å²) in [6.07, 6.45) is 10.7. The van der Waals surface area contributed by atoms with Crippen LogP contribution in [0.2, 0.25) is 0 Å². The molecule has 0 spiro atoms. The quantitative estimate of drug-likeness (QED) is 0.613. The van der Waals surface area contributed by atoms with Gasteiger partial charge in [-0.3, -0.25) is 0 Å². The lowest BCUT2D eigenvalue weighted by Crippen LogP contribution is -2.41. The molecule has 2 heteroatoms. The summed E-state index contributed by atoms with van der Waals surface area (Å²) in [5, 5.41) is 3.62. The van der Waals surface area contributed by atoms with Crippen molar-refractivity contribution in [2.24, 2.45) is 11.8 Å². The van der Waals surface area contributed by atoms with Crippen LogP contribution in [0.3, 0.4) is 0 Å². The Bertz CT molecular complexity index is 392. The number of nitrogens with one attached hydrogen (secondary N) is 1. The molecule has 2 aliphatic carbocycles. The maximum absolute atomic E-state index is 4.72. The van der Waals surface area contributed by atoms with Crippen LogP contribution in [-0.2, 0) is 0 Å². The zero-order valence-corrected chi connectivity index (χ0v) is 10.6. The van der Waals surface area contributed by atoms with Gasteiger partial charge in [0.2, 0.25) is 0 Å². The fraction of sp³-hybridized carbons (Fsp3) is 0.571. The fourth-order valence-corrected chi connectivity index (χ4v) is 3.82. The van der Waals surface area contributed by atoms with Crippen LogP contribution in [0.15, 0.2) is 34.3 Å². The van der Waals surface area contributed by atoms with Gasteiger partial charge >= 0.3 is 0 Å². The smallest absolute Gasteiger partial charge is 0.0113 e. The predicted octanol–water partition coefficient (Wildman–Crippen LogP) is 3.07. The Labute approximate surface area is 103 Å². The maximum atomic E-state index is 4.72. The molecule has 1 nitrogen and oxygen atoms in total. The van der Waals surface area contributed by atoms with Gasteiger partial charge in [-0.1, -0.05) is 25.2 Å². The normalized spacial score (nSPS) is 37.9. The summed E-state index contributed by atoms with van der Waals surface area (Å²) in [5.74, 6) is 1.26. The summed E-state index contributed by atoms with van der Waals surface area (Å²) in [5.41, 5.74) is 3.07. The lowest BCUT2D eigenvalue weighted by Gasteiger charge is -2.38. The van der Waals surface area contributed by atoms with Crippen LogP contribution in [0.4, 0.5) is 0 Å². The Hall–Kier alpha value is -0.470. The molecular formula is C14H19NS. The van der Waals surface area contributed by atoms with Crippen LogP contribution in [0.25, 0.3) is 0 Å². The van der Waals surface area contributed by atoms with E-state index in [-0.39, 0.29) is 0 Å². The first-order valence-electron chi connectivity index (χ1n) is 6.30. The molecule has 0 aromatic carbocycles. The van der Waals surface area contributed by atoms with Crippen LogP contribution in [-0.4, -0.2) is 12.6 Å². The van der Waals surface area contributed by atoms with E-state index in [0.717, 1.165) is 5.92 Å². The highest BCUT2D eigenvalue weighted by Gasteiger charge is 2.32. The number of hydrogen-bond acceptors (Lipinski definition) is 2. The first-order valence-corrected chi connectivity index (χ1v) is 6.74. The molecule has 1 N–H and O–H groups in total. The summed E-state index contributed by atoms with van der Waals surface area (Å²) in [7, 11) is 0. The topological polar surface area (TPSA) is 12.0 Å². The highest BCUT2D eigenvalue weighted by Crippen LogP contribution is 2.42.